The zero-order valence-corrected chi connectivity index (χ0v) is 17.6. The number of amides is 1. The number of carbonyl (C=O) groups is 1. The molecule has 0 unspecified atom stereocenters. The number of nitrogens with zero attached hydrogens (tertiary/aromatic N) is 3. The van der Waals surface area contributed by atoms with Gasteiger partial charge in [-0.3, -0.25) is 14.7 Å². The number of ether oxygens (including phenoxy) is 1. The van der Waals surface area contributed by atoms with Gasteiger partial charge in [-0.25, -0.2) is 0 Å². The molecule has 1 amide bonds. The van der Waals surface area contributed by atoms with Crippen LogP contribution in [0.3, 0.4) is 0 Å². The third kappa shape index (κ3) is 7.12. The Morgan fingerprint density at radius 2 is 2.21 bits per heavy atom. The number of hydrogen-bond acceptors (Lipinski definition) is 4. The van der Waals surface area contributed by atoms with Gasteiger partial charge < -0.3 is 9.64 Å². The summed E-state index contributed by atoms with van der Waals surface area (Å²) in [7, 11) is 0. The second kappa shape index (κ2) is 12.3. The average Bonchev–Trinajstić information content (AvgIpc) is 3.05. The van der Waals surface area contributed by atoms with Crippen molar-refractivity contribution in [1.82, 2.24) is 9.88 Å². The summed E-state index contributed by atoms with van der Waals surface area (Å²) in [5, 5.41) is 0. The van der Waals surface area contributed by atoms with E-state index in [9.17, 15) is 4.79 Å². The Morgan fingerprint density at radius 3 is 2.93 bits per heavy atom. The van der Waals surface area contributed by atoms with Crippen LogP contribution in [0.2, 0.25) is 0 Å². The van der Waals surface area contributed by atoms with Crippen molar-refractivity contribution < 1.29 is 9.53 Å². The van der Waals surface area contributed by atoms with Gasteiger partial charge in [0.2, 0.25) is 5.91 Å². The predicted octanol–water partition coefficient (Wildman–Crippen LogP) is 4.42. The van der Waals surface area contributed by atoms with Crippen LogP contribution < -0.4 is 4.90 Å². The third-order valence-electron chi connectivity index (χ3n) is 5.06. The molecule has 1 aromatic rings. The SMILES string of the molecule is CCCCN(C(=O)CN1C[C@H](/C=C/C=C/OCCC)C[C@@H]1C)c1cccnc1. The monoisotopic (exact) mass is 385 g/mol. The lowest BCUT2D eigenvalue weighted by Crippen LogP contribution is -2.42. The minimum absolute atomic E-state index is 0.158. The van der Waals surface area contributed by atoms with Crippen molar-refractivity contribution >= 4 is 11.6 Å². The Balaban J connectivity index is 1.90. The van der Waals surface area contributed by atoms with Crippen molar-refractivity contribution in [2.24, 2.45) is 5.92 Å². The van der Waals surface area contributed by atoms with Crippen LogP contribution in [0.5, 0.6) is 0 Å². The summed E-state index contributed by atoms with van der Waals surface area (Å²) in [5.41, 5.74) is 0.890. The lowest BCUT2D eigenvalue weighted by Gasteiger charge is -2.27. The second-order valence-corrected chi connectivity index (χ2v) is 7.47. The normalized spacial score (nSPS) is 20.2. The summed E-state index contributed by atoms with van der Waals surface area (Å²) >= 11 is 0. The van der Waals surface area contributed by atoms with E-state index in [-0.39, 0.29) is 5.91 Å². The van der Waals surface area contributed by atoms with E-state index in [1.807, 2.05) is 23.1 Å². The van der Waals surface area contributed by atoms with Crippen molar-refractivity contribution in [3.05, 3.63) is 49.0 Å². The number of pyridine rings is 1. The highest BCUT2D eigenvalue weighted by Crippen LogP contribution is 2.24. The fourth-order valence-electron chi connectivity index (χ4n) is 3.50. The quantitative estimate of drug-likeness (QED) is 0.321. The highest BCUT2D eigenvalue weighted by molar-refractivity contribution is 5.94. The molecule has 0 aliphatic carbocycles. The summed E-state index contributed by atoms with van der Waals surface area (Å²) in [4.78, 5) is 21.4. The first-order valence-corrected chi connectivity index (χ1v) is 10.5. The summed E-state index contributed by atoms with van der Waals surface area (Å²) in [5.74, 6) is 0.631. The minimum atomic E-state index is 0.158. The average molecular weight is 386 g/mol. The maximum atomic E-state index is 13.0. The van der Waals surface area contributed by atoms with Gasteiger partial charge in [0.25, 0.3) is 0 Å². The molecule has 2 heterocycles. The second-order valence-electron chi connectivity index (χ2n) is 7.47. The standard InChI is InChI=1S/C23H35N3O2/c1-4-6-13-26(22-11-9-12-24-17-22)23(27)19-25-18-21(16-20(25)3)10-7-8-15-28-14-5-2/h7-12,15,17,20-21H,4-6,13-14,16,18-19H2,1-3H3/b10-7+,15-8+/t20-,21+/m0/s1. The van der Waals surface area contributed by atoms with Gasteiger partial charge in [-0.1, -0.05) is 32.4 Å². The number of anilines is 1. The Morgan fingerprint density at radius 1 is 1.36 bits per heavy atom. The van der Waals surface area contributed by atoms with Crippen LogP contribution in [-0.2, 0) is 9.53 Å². The van der Waals surface area contributed by atoms with E-state index in [1.165, 1.54) is 0 Å². The minimum Gasteiger partial charge on any atom is -0.501 e. The van der Waals surface area contributed by atoms with Gasteiger partial charge in [0.05, 0.1) is 31.3 Å². The van der Waals surface area contributed by atoms with Crippen molar-refractivity contribution in [2.45, 2.75) is 52.5 Å². The first-order chi connectivity index (χ1) is 13.7. The predicted molar refractivity (Wildman–Crippen MR) is 115 cm³/mol. The summed E-state index contributed by atoms with van der Waals surface area (Å²) in [6.07, 6.45) is 15.7. The molecule has 0 radical (unpaired) electrons. The lowest BCUT2D eigenvalue weighted by molar-refractivity contribution is -0.119. The van der Waals surface area contributed by atoms with E-state index < -0.39 is 0 Å². The zero-order valence-electron chi connectivity index (χ0n) is 17.6. The van der Waals surface area contributed by atoms with E-state index in [1.54, 1.807) is 18.7 Å². The highest BCUT2D eigenvalue weighted by Gasteiger charge is 2.30. The molecule has 1 aliphatic rings. The maximum Gasteiger partial charge on any atom is 0.241 e. The number of unbranched alkanes of at least 4 members (excludes halogenated alkanes) is 1. The van der Waals surface area contributed by atoms with E-state index in [0.717, 1.165) is 51.1 Å². The van der Waals surface area contributed by atoms with E-state index in [2.05, 4.69) is 42.8 Å². The molecule has 28 heavy (non-hydrogen) atoms. The molecule has 5 heteroatoms. The molecule has 0 spiro atoms. The largest absolute Gasteiger partial charge is 0.501 e. The molecular formula is C23H35N3O2. The molecule has 0 aromatic carbocycles. The molecule has 2 atom stereocenters. The van der Waals surface area contributed by atoms with Crippen LogP contribution >= 0.6 is 0 Å². The van der Waals surface area contributed by atoms with Crippen LogP contribution in [0, 0.1) is 5.92 Å². The number of aromatic nitrogens is 1. The molecule has 1 fully saturated rings. The van der Waals surface area contributed by atoms with Crippen LogP contribution in [0.4, 0.5) is 5.69 Å². The maximum absolute atomic E-state index is 13.0. The van der Waals surface area contributed by atoms with Crippen LogP contribution in [0.15, 0.2) is 49.0 Å². The molecule has 0 N–H and O–H groups in total. The highest BCUT2D eigenvalue weighted by atomic mass is 16.5. The smallest absolute Gasteiger partial charge is 0.241 e. The molecule has 1 aromatic heterocycles. The van der Waals surface area contributed by atoms with Gasteiger partial charge in [0, 0.05) is 25.3 Å². The first kappa shape index (κ1) is 22.2. The van der Waals surface area contributed by atoms with Crippen molar-refractivity contribution in [3.8, 4) is 0 Å². The van der Waals surface area contributed by atoms with Gasteiger partial charge in [0.1, 0.15) is 0 Å². The first-order valence-electron chi connectivity index (χ1n) is 10.5. The number of allylic oxidation sites excluding steroid dienone is 2. The topological polar surface area (TPSA) is 45.7 Å². The molecule has 2 rings (SSSR count). The Labute approximate surface area is 170 Å². The van der Waals surface area contributed by atoms with Crippen LogP contribution in [-0.4, -0.2) is 48.1 Å². The van der Waals surface area contributed by atoms with Crippen molar-refractivity contribution in [1.29, 1.82) is 0 Å². The lowest BCUT2D eigenvalue weighted by atomic mass is 10.1. The van der Waals surface area contributed by atoms with E-state index >= 15 is 0 Å². The third-order valence-corrected chi connectivity index (χ3v) is 5.06. The summed E-state index contributed by atoms with van der Waals surface area (Å²) in [6, 6.07) is 4.26. The molecular weight excluding hydrogens is 350 g/mol. The summed E-state index contributed by atoms with van der Waals surface area (Å²) < 4.78 is 5.35. The fraction of sp³-hybridized carbons (Fsp3) is 0.565. The van der Waals surface area contributed by atoms with Gasteiger partial charge in [-0.15, -0.1) is 0 Å². The van der Waals surface area contributed by atoms with Gasteiger partial charge in [-0.05, 0) is 50.3 Å². The van der Waals surface area contributed by atoms with Gasteiger partial charge >= 0.3 is 0 Å². The van der Waals surface area contributed by atoms with E-state index in [0.29, 0.717) is 18.5 Å². The number of carbonyl (C=O) groups excluding carboxylic acids is 1. The van der Waals surface area contributed by atoms with Crippen LogP contribution in [0.1, 0.15) is 46.5 Å². The molecule has 154 valence electrons. The van der Waals surface area contributed by atoms with Gasteiger partial charge in [-0.2, -0.15) is 0 Å². The van der Waals surface area contributed by atoms with E-state index in [4.69, 9.17) is 4.74 Å². The number of hydrogen-bond donors (Lipinski definition) is 0. The Hall–Kier alpha value is -2.14. The molecule has 1 aliphatic heterocycles. The van der Waals surface area contributed by atoms with Gasteiger partial charge in [0.15, 0.2) is 0 Å². The Bertz CT molecular complexity index is 630. The molecule has 1 saturated heterocycles. The fourth-order valence-corrected chi connectivity index (χ4v) is 3.50. The zero-order chi connectivity index (χ0) is 20.2. The number of rotatable bonds is 11. The van der Waals surface area contributed by atoms with Crippen molar-refractivity contribution in [2.75, 3.05) is 31.1 Å². The molecule has 0 saturated carbocycles. The molecule has 0 bridgehead atoms. The van der Waals surface area contributed by atoms with Crippen molar-refractivity contribution in [3.63, 3.8) is 0 Å². The van der Waals surface area contributed by atoms with Crippen LogP contribution in [0.25, 0.3) is 0 Å². The molecule has 5 nitrogen and oxygen atoms in total. The summed E-state index contributed by atoms with van der Waals surface area (Å²) in [6.45, 7) is 9.33. The Kier molecular flexibility index (Phi) is 9.77. The number of likely N-dealkylation sites (tertiary alicyclic amines) is 1.